The Morgan fingerprint density at radius 3 is 2.67 bits per heavy atom. The van der Waals surface area contributed by atoms with Gasteiger partial charge in [0, 0.05) is 30.9 Å². The molecule has 0 spiro atoms. The normalized spacial score (nSPS) is 19.7. The van der Waals surface area contributed by atoms with Crippen LogP contribution < -0.4 is 9.47 Å². The molecule has 0 radical (unpaired) electrons. The molecule has 142 valence electrons. The first-order valence-electron chi connectivity index (χ1n) is 9.48. The number of hydrogen-bond acceptors (Lipinski definition) is 5. The third-order valence-corrected chi connectivity index (χ3v) is 5.33. The van der Waals surface area contributed by atoms with Crippen molar-refractivity contribution in [1.82, 2.24) is 14.7 Å². The van der Waals surface area contributed by atoms with Crippen LogP contribution in [0.1, 0.15) is 42.9 Å². The average Bonchev–Trinajstić information content (AvgIpc) is 3.39. The highest BCUT2D eigenvalue weighted by Crippen LogP contribution is 2.37. The van der Waals surface area contributed by atoms with E-state index in [1.54, 1.807) is 7.11 Å². The summed E-state index contributed by atoms with van der Waals surface area (Å²) in [4.78, 5) is 4.12. The van der Waals surface area contributed by atoms with Crippen molar-refractivity contribution in [2.75, 3.05) is 7.11 Å². The topological polar surface area (TPSA) is 62.3 Å². The maximum atomic E-state index is 5.77. The maximum absolute atomic E-state index is 5.77. The van der Waals surface area contributed by atoms with Crippen LogP contribution in [0.15, 0.2) is 53.6 Å². The number of imidazole rings is 1. The van der Waals surface area contributed by atoms with E-state index in [1.165, 1.54) is 12.8 Å². The predicted molar refractivity (Wildman–Crippen MR) is 101 cm³/mol. The summed E-state index contributed by atoms with van der Waals surface area (Å²) in [5.41, 5.74) is 1.07. The molecule has 1 aliphatic carbocycles. The summed E-state index contributed by atoms with van der Waals surface area (Å²) in [7, 11) is 1.66. The molecule has 27 heavy (non-hydrogen) atoms. The number of benzene rings is 1. The van der Waals surface area contributed by atoms with Gasteiger partial charge >= 0.3 is 0 Å². The van der Waals surface area contributed by atoms with Gasteiger partial charge in [-0.3, -0.25) is 0 Å². The Morgan fingerprint density at radius 2 is 1.96 bits per heavy atom. The molecular weight excluding hydrogens is 342 g/mol. The van der Waals surface area contributed by atoms with Crippen molar-refractivity contribution in [2.45, 2.75) is 44.8 Å². The van der Waals surface area contributed by atoms with Crippen LogP contribution in [-0.4, -0.2) is 21.8 Å². The van der Waals surface area contributed by atoms with Crippen LogP contribution >= 0.6 is 0 Å². The Labute approximate surface area is 159 Å². The third-order valence-electron chi connectivity index (χ3n) is 5.33. The lowest BCUT2D eigenvalue weighted by molar-refractivity contribution is 0.244. The minimum atomic E-state index is 0.440. The van der Waals surface area contributed by atoms with Gasteiger partial charge in [-0.05, 0) is 54.5 Å². The molecule has 3 aromatic rings. The lowest BCUT2D eigenvalue weighted by atomic mass is 9.81. The van der Waals surface area contributed by atoms with E-state index in [-0.39, 0.29) is 0 Å². The van der Waals surface area contributed by atoms with Crippen LogP contribution in [0.5, 0.6) is 11.6 Å². The molecule has 6 nitrogen and oxygen atoms in total. The van der Waals surface area contributed by atoms with Gasteiger partial charge in [0.2, 0.25) is 0 Å². The Kier molecular flexibility index (Phi) is 5.42. The van der Waals surface area contributed by atoms with Gasteiger partial charge < -0.3 is 18.6 Å². The quantitative estimate of drug-likeness (QED) is 0.618. The molecule has 0 saturated heterocycles. The molecule has 6 heteroatoms. The highest BCUT2D eigenvalue weighted by Gasteiger charge is 2.25. The van der Waals surface area contributed by atoms with Gasteiger partial charge in [-0.15, -0.1) is 0 Å². The molecule has 2 aromatic heterocycles. The highest BCUT2D eigenvalue weighted by molar-refractivity contribution is 5.27. The smallest absolute Gasteiger partial charge is 0.254 e. The molecule has 0 atom stereocenters. The maximum Gasteiger partial charge on any atom is 0.254 e. The summed E-state index contributed by atoms with van der Waals surface area (Å²) in [6, 6.07) is 9.78. The molecule has 0 aliphatic heterocycles. The van der Waals surface area contributed by atoms with Gasteiger partial charge in [0.15, 0.2) is 0 Å². The number of aromatic nitrogens is 3. The summed E-state index contributed by atoms with van der Waals surface area (Å²) in [6.07, 6.45) is 10.4. The van der Waals surface area contributed by atoms with Crippen molar-refractivity contribution in [2.24, 2.45) is 5.92 Å². The summed E-state index contributed by atoms with van der Waals surface area (Å²) in [5, 5.41) is 4.09. The van der Waals surface area contributed by atoms with Crippen molar-refractivity contribution < 1.29 is 14.0 Å². The minimum Gasteiger partial charge on any atom is -0.497 e. The van der Waals surface area contributed by atoms with Crippen LogP contribution in [0.3, 0.4) is 0 Å². The van der Waals surface area contributed by atoms with Crippen molar-refractivity contribution in [3.8, 4) is 11.6 Å². The minimum absolute atomic E-state index is 0.440. The van der Waals surface area contributed by atoms with Crippen LogP contribution in [0.2, 0.25) is 0 Å². The fraction of sp³-hybridized carbons (Fsp3) is 0.429. The first kappa shape index (κ1) is 17.6. The number of nitrogens with zero attached hydrogens (tertiary/aromatic N) is 3. The summed E-state index contributed by atoms with van der Waals surface area (Å²) in [5.74, 6) is 3.49. The van der Waals surface area contributed by atoms with Crippen LogP contribution in [-0.2, 0) is 13.2 Å². The molecule has 1 aliphatic rings. The third kappa shape index (κ3) is 4.51. The summed E-state index contributed by atoms with van der Waals surface area (Å²) >= 11 is 0. The molecule has 0 bridgehead atoms. The number of rotatable bonds is 7. The van der Waals surface area contributed by atoms with E-state index in [0.717, 1.165) is 36.5 Å². The van der Waals surface area contributed by atoms with Gasteiger partial charge in [0.05, 0.1) is 13.4 Å². The zero-order valence-corrected chi connectivity index (χ0v) is 15.6. The van der Waals surface area contributed by atoms with Gasteiger partial charge in [-0.1, -0.05) is 12.1 Å². The molecule has 1 saturated carbocycles. The van der Waals surface area contributed by atoms with Gasteiger partial charge in [0.25, 0.3) is 5.88 Å². The van der Waals surface area contributed by atoms with Crippen LogP contribution in [0.4, 0.5) is 0 Å². The molecule has 0 N–H and O–H groups in total. The largest absolute Gasteiger partial charge is 0.497 e. The summed E-state index contributed by atoms with van der Waals surface area (Å²) in [6.45, 7) is 1.52. The first-order chi connectivity index (χ1) is 13.3. The lowest BCUT2D eigenvalue weighted by Gasteiger charge is -2.27. The van der Waals surface area contributed by atoms with E-state index in [0.29, 0.717) is 24.3 Å². The van der Waals surface area contributed by atoms with Crippen LogP contribution in [0.25, 0.3) is 0 Å². The average molecular weight is 367 g/mol. The zero-order valence-electron chi connectivity index (χ0n) is 15.6. The molecule has 2 heterocycles. The Morgan fingerprint density at radius 1 is 1.15 bits per heavy atom. The van der Waals surface area contributed by atoms with Crippen LogP contribution in [0, 0.1) is 5.92 Å². The van der Waals surface area contributed by atoms with E-state index in [1.807, 2.05) is 49.1 Å². The van der Waals surface area contributed by atoms with E-state index >= 15 is 0 Å². The second kappa shape index (κ2) is 8.29. The molecule has 1 aromatic carbocycles. The van der Waals surface area contributed by atoms with E-state index in [2.05, 4.69) is 14.7 Å². The second-order valence-electron chi connectivity index (χ2n) is 7.18. The molecule has 4 rings (SSSR count). The van der Waals surface area contributed by atoms with Crippen molar-refractivity contribution >= 4 is 0 Å². The zero-order chi connectivity index (χ0) is 18.5. The molecule has 1 fully saturated rings. The van der Waals surface area contributed by atoms with Gasteiger partial charge in [-0.2, -0.15) is 0 Å². The number of hydrogen-bond donors (Lipinski definition) is 0. The Balaban J connectivity index is 1.26. The number of ether oxygens (including phenoxy) is 2. The van der Waals surface area contributed by atoms with E-state index in [4.69, 9.17) is 14.0 Å². The Bertz CT molecular complexity index is 819. The second-order valence-corrected chi connectivity index (χ2v) is 7.18. The standard InChI is InChI=1S/C21H25N3O3/c1-25-19-8-4-17(5-9-19)14-26-21-12-20(27-23-21)18-6-2-16(3-7-18)13-24-11-10-22-15-24/h4-5,8-12,15-16,18H,2-3,6-7,13-14H2,1H3. The van der Waals surface area contributed by atoms with Crippen molar-refractivity contribution in [3.63, 3.8) is 0 Å². The predicted octanol–water partition coefficient (Wildman–Crippen LogP) is 4.43. The summed E-state index contributed by atoms with van der Waals surface area (Å²) < 4.78 is 18.7. The molecule has 0 amide bonds. The SMILES string of the molecule is COc1ccc(COc2cc(C3CCC(Cn4ccnc4)CC3)on2)cc1. The van der Waals surface area contributed by atoms with E-state index in [9.17, 15) is 0 Å². The first-order valence-corrected chi connectivity index (χ1v) is 9.48. The molecule has 0 unspecified atom stereocenters. The van der Waals surface area contributed by atoms with Crippen molar-refractivity contribution in [1.29, 1.82) is 0 Å². The molecular formula is C21H25N3O3. The van der Waals surface area contributed by atoms with Crippen molar-refractivity contribution in [3.05, 3.63) is 60.4 Å². The number of methoxy groups -OCH3 is 1. The Hall–Kier alpha value is -2.76. The fourth-order valence-electron chi connectivity index (χ4n) is 3.73. The lowest BCUT2D eigenvalue weighted by Crippen LogP contribution is -2.17. The fourth-order valence-corrected chi connectivity index (χ4v) is 3.73. The van der Waals surface area contributed by atoms with E-state index < -0.39 is 0 Å². The van der Waals surface area contributed by atoms with Gasteiger partial charge in [0.1, 0.15) is 18.1 Å². The highest BCUT2D eigenvalue weighted by atomic mass is 16.5. The van der Waals surface area contributed by atoms with Gasteiger partial charge in [-0.25, -0.2) is 4.98 Å². The monoisotopic (exact) mass is 367 g/mol.